The first-order valence-electron chi connectivity index (χ1n) is 5.83. The number of amides is 1. The van der Waals surface area contributed by atoms with Crippen LogP contribution in [0.25, 0.3) is 0 Å². The van der Waals surface area contributed by atoms with E-state index < -0.39 is 0 Å². The molecule has 2 fully saturated rings. The summed E-state index contributed by atoms with van der Waals surface area (Å²) in [5, 5.41) is 3.11. The number of hydrogen-bond acceptors (Lipinski definition) is 3. The van der Waals surface area contributed by atoms with Crippen LogP contribution in [0.4, 0.5) is 0 Å². The molecule has 1 N–H and O–H groups in total. The molecule has 1 saturated heterocycles. The van der Waals surface area contributed by atoms with Gasteiger partial charge in [0.2, 0.25) is 5.91 Å². The Hall–Kier alpha value is -0.610. The van der Waals surface area contributed by atoms with Crippen molar-refractivity contribution >= 4 is 5.91 Å². The highest BCUT2D eigenvalue weighted by Gasteiger charge is 2.27. The molecule has 15 heavy (non-hydrogen) atoms. The molecule has 1 amide bonds. The Labute approximate surface area is 91.0 Å². The summed E-state index contributed by atoms with van der Waals surface area (Å²) >= 11 is 0. The molecule has 0 unspecified atom stereocenters. The van der Waals surface area contributed by atoms with E-state index in [4.69, 9.17) is 4.74 Å². The van der Waals surface area contributed by atoms with Crippen molar-refractivity contribution in [3.63, 3.8) is 0 Å². The van der Waals surface area contributed by atoms with E-state index in [-0.39, 0.29) is 11.9 Å². The highest BCUT2D eigenvalue weighted by Crippen LogP contribution is 2.28. The number of likely N-dealkylation sites (N-methyl/N-ethyl adjacent to an activating group) is 1. The first kappa shape index (κ1) is 10.9. The normalized spacial score (nSPS) is 24.7. The molecule has 86 valence electrons. The second kappa shape index (κ2) is 4.94. The van der Waals surface area contributed by atoms with Crippen LogP contribution in [0.1, 0.15) is 19.3 Å². The topological polar surface area (TPSA) is 41.6 Å². The first-order valence-corrected chi connectivity index (χ1v) is 5.83. The van der Waals surface area contributed by atoms with Crippen LogP contribution in [0, 0.1) is 5.92 Å². The number of nitrogens with one attached hydrogen (secondary N) is 1. The molecule has 1 aliphatic heterocycles. The molecule has 0 aromatic carbocycles. The summed E-state index contributed by atoms with van der Waals surface area (Å²) in [5.41, 5.74) is 0. The van der Waals surface area contributed by atoms with E-state index in [0.717, 1.165) is 25.5 Å². The van der Waals surface area contributed by atoms with Crippen molar-refractivity contribution < 1.29 is 9.53 Å². The Morgan fingerprint density at radius 3 is 2.73 bits per heavy atom. The fourth-order valence-corrected chi connectivity index (χ4v) is 1.61. The third-order valence-electron chi connectivity index (χ3n) is 3.12. The van der Waals surface area contributed by atoms with Crippen LogP contribution in [0.15, 0.2) is 0 Å². The predicted octanol–water partition coefficient (Wildman–Crippen LogP) is 0.233. The lowest BCUT2D eigenvalue weighted by Gasteiger charge is -2.30. The monoisotopic (exact) mass is 212 g/mol. The summed E-state index contributed by atoms with van der Waals surface area (Å²) in [4.78, 5) is 13.4. The van der Waals surface area contributed by atoms with Gasteiger partial charge in [-0.3, -0.25) is 4.79 Å². The van der Waals surface area contributed by atoms with Gasteiger partial charge in [-0.15, -0.1) is 0 Å². The zero-order valence-electron chi connectivity index (χ0n) is 9.37. The third-order valence-corrected chi connectivity index (χ3v) is 3.12. The fourth-order valence-electron chi connectivity index (χ4n) is 1.61. The van der Waals surface area contributed by atoms with Crippen LogP contribution >= 0.6 is 0 Å². The summed E-state index contributed by atoms with van der Waals surface area (Å²) in [6, 6.07) is 0.0680. The van der Waals surface area contributed by atoms with Crippen LogP contribution in [-0.2, 0) is 9.53 Å². The van der Waals surface area contributed by atoms with E-state index >= 15 is 0 Å². The van der Waals surface area contributed by atoms with Crippen molar-refractivity contribution in [3.8, 4) is 0 Å². The standard InChI is InChI=1S/C11H20N2O2/c1-13(11(14)10-4-5-12-10)6-7-15-8-9-2-3-9/h9-10,12H,2-8H2,1H3/t10-/m1/s1. The predicted molar refractivity (Wildman–Crippen MR) is 57.6 cm³/mol. The minimum atomic E-state index is 0.0680. The van der Waals surface area contributed by atoms with Gasteiger partial charge < -0.3 is 15.0 Å². The van der Waals surface area contributed by atoms with Gasteiger partial charge in [0.25, 0.3) is 0 Å². The number of carbonyl (C=O) groups is 1. The van der Waals surface area contributed by atoms with Crippen LogP contribution in [0.2, 0.25) is 0 Å². The highest BCUT2D eigenvalue weighted by molar-refractivity contribution is 5.82. The molecule has 0 aromatic heterocycles. The number of carbonyl (C=O) groups excluding carboxylic acids is 1. The second-order valence-electron chi connectivity index (χ2n) is 4.57. The molecule has 2 rings (SSSR count). The Bertz CT molecular complexity index is 225. The van der Waals surface area contributed by atoms with Gasteiger partial charge in [-0.2, -0.15) is 0 Å². The molecule has 0 aromatic rings. The van der Waals surface area contributed by atoms with Gasteiger partial charge in [-0.05, 0) is 31.7 Å². The summed E-state index contributed by atoms with van der Waals surface area (Å²) in [7, 11) is 1.85. The smallest absolute Gasteiger partial charge is 0.239 e. The van der Waals surface area contributed by atoms with Crippen molar-refractivity contribution in [1.29, 1.82) is 0 Å². The number of hydrogen-bond donors (Lipinski definition) is 1. The summed E-state index contributed by atoms with van der Waals surface area (Å²) in [5.74, 6) is 1.01. The zero-order chi connectivity index (χ0) is 10.7. The van der Waals surface area contributed by atoms with Crippen molar-refractivity contribution in [2.75, 3.05) is 33.4 Å². The molecule has 1 heterocycles. The minimum Gasteiger partial charge on any atom is -0.379 e. The van der Waals surface area contributed by atoms with Crippen LogP contribution in [0.3, 0.4) is 0 Å². The van der Waals surface area contributed by atoms with Gasteiger partial charge in [0.15, 0.2) is 0 Å². The van der Waals surface area contributed by atoms with E-state index in [1.54, 1.807) is 4.90 Å². The Morgan fingerprint density at radius 1 is 1.47 bits per heavy atom. The number of ether oxygens (including phenoxy) is 1. The summed E-state index contributed by atoms with van der Waals surface area (Å²) in [6.07, 6.45) is 3.62. The number of nitrogens with zero attached hydrogens (tertiary/aromatic N) is 1. The molecular formula is C11H20N2O2. The summed E-state index contributed by atoms with van der Waals surface area (Å²) in [6.45, 7) is 3.24. The Morgan fingerprint density at radius 2 is 2.20 bits per heavy atom. The van der Waals surface area contributed by atoms with E-state index in [9.17, 15) is 4.79 Å². The Balaban J connectivity index is 1.54. The fraction of sp³-hybridized carbons (Fsp3) is 0.909. The molecular weight excluding hydrogens is 192 g/mol. The lowest BCUT2D eigenvalue weighted by Crippen LogP contribution is -2.54. The number of rotatable bonds is 6. The maximum atomic E-state index is 11.7. The maximum absolute atomic E-state index is 11.7. The molecule has 2 aliphatic rings. The van der Waals surface area contributed by atoms with Crippen LogP contribution in [0.5, 0.6) is 0 Å². The van der Waals surface area contributed by atoms with Crippen molar-refractivity contribution in [2.45, 2.75) is 25.3 Å². The van der Waals surface area contributed by atoms with Crippen molar-refractivity contribution in [2.24, 2.45) is 5.92 Å². The van der Waals surface area contributed by atoms with Gasteiger partial charge >= 0.3 is 0 Å². The van der Waals surface area contributed by atoms with Crippen LogP contribution < -0.4 is 5.32 Å². The molecule has 1 atom stereocenters. The quantitative estimate of drug-likeness (QED) is 0.641. The molecule has 0 bridgehead atoms. The molecule has 1 aliphatic carbocycles. The van der Waals surface area contributed by atoms with Crippen molar-refractivity contribution in [1.82, 2.24) is 10.2 Å². The molecule has 1 saturated carbocycles. The van der Waals surface area contributed by atoms with E-state index in [0.29, 0.717) is 13.2 Å². The largest absolute Gasteiger partial charge is 0.379 e. The third kappa shape index (κ3) is 3.18. The van der Waals surface area contributed by atoms with Crippen LogP contribution in [-0.4, -0.2) is 50.2 Å². The van der Waals surface area contributed by atoms with E-state index in [2.05, 4.69) is 5.32 Å². The van der Waals surface area contributed by atoms with Gasteiger partial charge in [0.05, 0.1) is 12.6 Å². The minimum absolute atomic E-state index is 0.0680. The lowest BCUT2D eigenvalue weighted by molar-refractivity contribution is -0.134. The average Bonchev–Trinajstić information content (AvgIpc) is 2.92. The van der Waals surface area contributed by atoms with E-state index in [1.165, 1.54) is 12.8 Å². The average molecular weight is 212 g/mol. The van der Waals surface area contributed by atoms with E-state index in [1.807, 2.05) is 7.05 Å². The summed E-state index contributed by atoms with van der Waals surface area (Å²) < 4.78 is 5.50. The SMILES string of the molecule is CN(CCOCC1CC1)C(=O)[C@H]1CCN1. The van der Waals surface area contributed by atoms with Gasteiger partial charge in [0.1, 0.15) is 0 Å². The second-order valence-corrected chi connectivity index (χ2v) is 4.57. The molecule has 4 nitrogen and oxygen atoms in total. The molecule has 4 heteroatoms. The first-order chi connectivity index (χ1) is 7.27. The Kier molecular flexibility index (Phi) is 3.59. The maximum Gasteiger partial charge on any atom is 0.239 e. The molecule has 0 radical (unpaired) electrons. The van der Waals surface area contributed by atoms with Crippen molar-refractivity contribution in [3.05, 3.63) is 0 Å². The molecule has 0 spiro atoms. The van der Waals surface area contributed by atoms with Gasteiger partial charge in [-0.25, -0.2) is 0 Å². The van der Waals surface area contributed by atoms with Gasteiger partial charge in [0, 0.05) is 20.2 Å². The van der Waals surface area contributed by atoms with Gasteiger partial charge in [-0.1, -0.05) is 0 Å². The highest BCUT2D eigenvalue weighted by atomic mass is 16.5. The zero-order valence-corrected chi connectivity index (χ0v) is 9.37. The lowest BCUT2D eigenvalue weighted by atomic mass is 10.1.